The lowest BCUT2D eigenvalue weighted by Gasteiger charge is -2.20. The van der Waals surface area contributed by atoms with Crippen LogP contribution in [0, 0.1) is 0 Å². The van der Waals surface area contributed by atoms with Gasteiger partial charge in [0.2, 0.25) is 0 Å². The van der Waals surface area contributed by atoms with Crippen LogP contribution >= 0.6 is 0 Å². The summed E-state index contributed by atoms with van der Waals surface area (Å²) in [5, 5.41) is 10.6. The number of pyridine rings is 1. The lowest BCUT2D eigenvalue weighted by atomic mass is 9.89. The second-order valence-corrected chi connectivity index (χ2v) is 4.50. The Hall–Kier alpha value is -1.93. The van der Waals surface area contributed by atoms with E-state index in [2.05, 4.69) is 24.1 Å². The number of hydrogen-bond donors (Lipinski definition) is 1. The first-order chi connectivity index (χ1) is 9.33. The average molecular weight is 253 g/mol. The molecule has 0 bridgehead atoms. The molecule has 0 spiro atoms. The fourth-order valence-electron chi connectivity index (χ4n) is 2.11. The van der Waals surface area contributed by atoms with E-state index in [1.54, 1.807) is 12.4 Å². The number of allylic oxidation sites excluding steroid dienone is 1. The molecule has 0 unspecified atom stereocenters. The molecule has 1 N–H and O–H groups in total. The highest BCUT2D eigenvalue weighted by Crippen LogP contribution is 2.31. The monoisotopic (exact) mass is 253 g/mol. The largest absolute Gasteiger partial charge is 0.387 e. The third-order valence-electron chi connectivity index (χ3n) is 3.13. The molecule has 0 saturated carbocycles. The number of rotatable bonds is 5. The molecular formula is C17H19NO. The van der Waals surface area contributed by atoms with Crippen molar-refractivity contribution in [1.29, 1.82) is 0 Å². The Kier molecular flexibility index (Phi) is 4.87. The molecule has 1 aromatic heterocycles. The second-order valence-electron chi connectivity index (χ2n) is 4.50. The van der Waals surface area contributed by atoms with Gasteiger partial charge in [-0.15, -0.1) is 0 Å². The van der Waals surface area contributed by atoms with E-state index < -0.39 is 6.10 Å². The molecule has 1 heterocycles. The van der Waals surface area contributed by atoms with Crippen molar-refractivity contribution < 1.29 is 5.11 Å². The van der Waals surface area contributed by atoms with Crippen molar-refractivity contribution in [3.63, 3.8) is 0 Å². The Labute approximate surface area is 114 Å². The lowest BCUT2D eigenvalue weighted by molar-refractivity contribution is 0.161. The molecule has 0 amide bonds. The van der Waals surface area contributed by atoms with E-state index in [-0.39, 0.29) is 5.92 Å². The Morgan fingerprint density at radius 2 is 1.84 bits per heavy atom. The zero-order valence-corrected chi connectivity index (χ0v) is 11.1. The maximum Gasteiger partial charge on any atom is 0.0907 e. The molecule has 0 radical (unpaired) electrons. The molecule has 2 heteroatoms. The van der Waals surface area contributed by atoms with Gasteiger partial charge in [-0.25, -0.2) is 0 Å². The minimum atomic E-state index is -0.570. The van der Waals surface area contributed by atoms with Crippen molar-refractivity contribution in [2.75, 3.05) is 0 Å². The number of aliphatic hydroxyl groups excluding tert-OH is 1. The standard InChI is InChI=1S/C17H19NO/c1-2-3-11-16(14-8-5-4-6-9-14)17(19)15-10-7-12-18-13-15/h3-13,16-17,19H,2H2,1H3/b11-3+/t16-,17-/m0/s1. The summed E-state index contributed by atoms with van der Waals surface area (Å²) in [6.07, 6.45) is 8.00. The smallest absolute Gasteiger partial charge is 0.0907 e. The fourth-order valence-corrected chi connectivity index (χ4v) is 2.11. The van der Waals surface area contributed by atoms with Gasteiger partial charge in [-0.3, -0.25) is 4.98 Å². The topological polar surface area (TPSA) is 33.1 Å². The highest BCUT2D eigenvalue weighted by molar-refractivity contribution is 5.29. The zero-order chi connectivity index (χ0) is 13.5. The van der Waals surface area contributed by atoms with Gasteiger partial charge in [0.1, 0.15) is 0 Å². The van der Waals surface area contributed by atoms with E-state index in [9.17, 15) is 5.11 Å². The molecule has 0 aliphatic carbocycles. The Morgan fingerprint density at radius 3 is 2.47 bits per heavy atom. The Morgan fingerprint density at radius 1 is 1.11 bits per heavy atom. The number of aromatic nitrogens is 1. The van der Waals surface area contributed by atoms with Crippen LogP contribution in [0.3, 0.4) is 0 Å². The molecular weight excluding hydrogens is 234 g/mol. The van der Waals surface area contributed by atoms with Crippen molar-refractivity contribution in [1.82, 2.24) is 4.98 Å². The maximum absolute atomic E-state index is 10.6. The minimum absolute atomic E-state index is 0.0367. The van der Waals surface area contributed by atoms with Gasteiger partial charge in [-0.1, -0.05) is 55.5 Å². The molecule has 0 saturated heterocycles. The van der Waals surface area contributed by atoms with E-state index in [1.807, 2.05) is 42.5 Å². The highest BCUT2D eigenvalue weighted by atomic mass is 16.3. The van der Waals surface area contributed by atoms with E-state index in [4.69, 9.17) is 0 Å². The Bertz CT molecular complexity index is 507. The molecule has 2 rings (SSSR count). The molecule has 2 aromatic rings. The van der Waals surface area contributed by atoms with Gasteiger partial charge in [-0.05, 0) is 23.6 Å². The van der Waals surface area contributed by atoms with Crippen LogP contribution in [0.15, 0.2) is 67.0 Å². The number of nitrogens with zero attached hydrogens (tertiary/aromatic N) is 1. The minimum Gasteiger partial charge on any atom is -0.387 e. The van der Waals surface area contributed by atoms with E-state index in [0.717, 1.165) is 17.5 Å². The van der Waals surface area contributed by atoms with Crippen molar-refractivity contribution >= 4 is 0 Å². The van der Waals surface area contributed by atoms with Crippen molar-refractivity contribution in [2.45, 2.75) is 25.4 Å². The van der Waals surface area contributed by atoms with Gasteiger partial charge < -0.3 is 5.11 Å². The fraction of sp³-hybridized carbons (Fsp3) is 0.235. The predicted molar refractivity (Wildman–Crippen MR) is 77.8 cm³/mol. The SMILES string of the molecule is CC/C=C/[C@@H](c1ccccc1)[C@@H](O)c1cccnc1. The van der Waals surface area contributed by atoms with Crippen LogP contribution < -0.4 is 0 Å². The molecule has 2 atom stereocenters. The summed E-state index contributed by atoms with van der Waals surface area (Å²) in [7, 11) is 0. The first kappa shape index (κ1) is 13.5. The summed E-state index contributed by atoms with van der Waals surface area (Å²) in [5.41, 5.74) is 1.96. The van der Waals surface area contributed by atoms with Crippen LogP contribution in [0.5, 0.6) is 0 Å². The van der Waals surface area contributed by atoms with Crippen LogP contribution in [-0.4, -0.2) is 10.1 Å². The van der Waals surface area contributed by atoms with Crippen molar-refractivity contribution in [3.8, 4) is 0 Å². The van der Waals surface area contributed by atoms with Gasteiger partial charge in [-0.2, -0.15) is 0 Å². The van der Waals surface area contributed by atoms with Crippen LogP contribution in [0.2, 0.25) is 0 Å². The van der Waals surface area contributed by atoms with Crippen LogP contribution in [0.1, 0.15) is 36.5 Å². The number of benzene rings is 1. The van der Waals surface area contributed by atoms with E-state index in [0.29, 0.717) is 0 Å². The maximum atomic E-state index is 10.6. The van der Waals surface area contributed by atoms with Gasteiger partial charge in [0, 0.05) is 18.3 Å². The van der Waals surface area contributed by atoms with Crippen molar-refractivity contribution in [3.05, 3.63) is 78.1 Å². The van der Waals surface area contributed by atoms with Crippen LogP contribution in [0.25, 0.3) is 0 Å². The van der Waals surface area contributed by atoms with Crippen molar-refractivity contribution in [2.24, 2.45) is 0 Å². The highest BCUT2D eigenvalue weighted by Gasteiger charge is 2.20. The Balaban J connectivity index is 2.31. The first-order valence-corrected chi connectivity index (χ1v) is 6.62. The molecule has 0 fully saturated rings. The lowest BCUT2D eigenvalue weighted by Crippen LogP contribution is -2.09. The molecule has 0 aliphatic heterocycles. The summed E-state index contributed by atoms with van der Waals surface area (Å²) in [6, 6.07) is 13.8. The van der Waals surface area contributed by atoms with Crippen LogP contribution in [0.4, 0.5) is 0 Å². The summed E-state index contributed by atoms with van der Waals surface area (Å²) < 4.78 is 0. The molecule has 0 aliphatic rings. The van der Waals surface area contributed by atoms with Gasteiger partial charge in [0.25, 0.3) is 0 Å². The van der Waals surface area contributed by atoms with E-state index in [1.165, 1.54) is 0 Å². The summed E-state index contributed by atoms with van der Waals surface area (Å²) >= 11 is 0. The predicted octanol–water partition coefficient (Wildman–Crippen LogP) is 3.87. The molecule has 19 heavy (non-hydrogen) atoms. The second kappa shape index (κ2) is 6.86. The third kappa shape index (κ3) is 3.52. The molecule has 2 nitrogen and oxygen atoms in total. The summed E-state index contributed by atoms with van der Waals surface area (Å²) in [5.74, 6) is -0.0367. The normalized spacial score (nSPS) is 14.4. The third-order valence-corrected chi connectivity index (χ3v) is 3.13. The quantitative estimate of drug-likeness (QED) is 0.821. The zero-order valence-electron chi connectivity index (χ0n) is 11.1. The number of aliphatic hydroxyl groups is 1. The summed E-state index contributed by atoms with van der Waals surface area (Å²) in [6.45, 7) is 2.09. The average Bonchev–Trinajstić information content (AvgIpc) is 2.49. The summed E-state index contributed by atoms with van der Waals surface area (Å²) in [4.78, 5) is 4.08. The van der Waals surface area contributed by atoms with Gasteiger partial charge in [0.05, 0.1) is 6.10 Å². The van der Waals surface area contributed by atoms with Crippen LogP contribution in [-0.2, 0) is 0 Å². The molecule has 1 aromatic carbocycles. The van der Waals surface area contributed by atoms with Gasteiger partial charge in [0.15, 0.2) is 0 Å². The van der Waals surface area contributed by atoms with E-state index >= 15 is 0 Å². The molecule has 98 valence electrons. The van der Waals surface area contributed by atoms with Gasteiger partial charge >= 0.3 is 0 Å². The number of hydrogen-bond acceptors (Lipinski definition) is 2. The first-order valence-electron chi connectivity index (χ1n) is 6.62.